The standard InChI is InChI=1S/C27H25F4N5O3/c1-35-25(37)19-11-21(14-7-8-39-22(9-14)15-12-32-36(13-15)16-3-4-16)33-23(24(19)34-26(35)27(29,30)31)18-6-5-17(38-2)10-20(18)28/h5-6,10-14,16,22H,3-4,7-9H2,1-2H3/t14-,22-/m0/s1. The zero-order chi connectivity index (χ0) is 27.5. The van der Waals surface area contributed by atoms with Crippen molar-refractivity contribution in [3.05, 3.63) is 69.9 Å². The Balaban J connectivity index is 1.48. The van der Waals surface area contributed by atoms with Crippen LogP contribution in [-0.4, -0.2) is 38.0 Å². The van der Waals surface area contributed by atoms with Crippen LogP contribution in [0.2, 0.25) is 0 Å². The quantitative estimate of drug-likeness (QED) is 0.317. The van der Waals surface area contributed by atoms with Gasteiger partial charge in [-0.25, -0.2) is 9.37 Å². The van der Waals surface area contributed by atoms with Crippen molar-refractivity contribution < 1.29 is 27.0 Å². The molecule has 0 unspecified atom stereocenters. The minimum atomic E-state index is -4.89. The lowest BCUT2D eigenvalue weighted by molar-refractivity contribution is -0.147. The molecule has 3 aromatic heterocycles. The zero-order valence-electron chi connectivity index (χ0n) is 21.2. The second-order valence-electron chi connectivity index (χ2n) is 10.0. The molecule has 4 aromatic rings. The van der Waals surface area contributed by atoms with E-state index in [1.165, 1.54) is 25.3 Å². The van der Waals surface area contributed by atoms with Gasteiger partial charge < -0.3 is 9.47 Å². The third-order valence-electron chi connectivity index (χ3n) is 7.38. The topological polar surface area (TPSA) is 84.1 Å². The Morgan fingerprint density at radius 3 is 2.62 bits per heavy atom. The summed E-state index contributed by atoms with van der Waals surface area (Å²) in [6, 6.07) is 5.87. The maximum Gasteiger partial charge on any atom is 0.449 e. The number of nitrogens with zero attached hydrogens (tertiary/aromatic N) is 5. The van der Waals surface area contributed by atoms with Crippen LogP contribution in [0.5, 0.6) is 5.75 Å². The van der Waals surface area contributed by atoms with Gasteiger partial charge in [-0.05, 0) is 43.9 Å². The first kappa shape index (κ1) is 25.5. The van der Waals surface area contributed by atoms with Crippen LogP contribution in [0, 0.1) is 5.82 Å². The Morgan fingerprint density at radius 2 is 1.92 bits per heavy atom. The van der Waals surface area contributed by atoms with Crippen molar-refractivity contribution >= 4 is 10.9 Å². The van der Waals surface area contributed by atoms with Gasteiger partial charge in [0.1, 0.15) is 17.1 Å². The molecule has 1 aliphatic heterocycles. The molecule has 1 aromatic carbocycles. The van der Waals surface area contributed by atoms with E-state index in [2.05, 4.69) is 15.1 Å². The molecule has 0 radical (unpaired) electrons. The van der Waals surface area contributed by atoms with Gasteiger partial charge in [0.05, 0.1) is 36.5 Å². The van der Waals surface area contributed by atoms with Crippen molar-refractivity contribution in [3.8, 4) is 17.0 Å². The van der Waals surface area contributed by atoms with Crippen LogP contribution in [0.25, 0.3) is 22.2 Å². The molecule has 39 heavy (non-hydrogen) atoms. The smallest absolute Gasteiger partial charge is 0.449 e. The molecule has 0 amide bonds. The lowest BCUT2D eigenvalue weighted by atomic mass is 9.89. The average molecular weight is 544 g/mol. The van der Waals surface area contributed by atoms with Crippen LogP contribution < -0.4 is 10.3 Å². The monoisotopic (exact) mass is 543 g/mol. The largest absolute Gasteiger partial charge is 0.497 e. The molecule has 4 heterocycles. The van der Waals surface area contributed by atoms with Gasteiger partial charge in [-0.1, -0.05) is 0 Å². The number of methoxy groups -OCH3 is 1. The molecule has 1 saturated carbocycles. The van der Waals surface area contributed by atoms with Gasteiger partial charge in [-0.3, -0.25) is 19.0 Å². The molecule has 6 rings (SSSR count). The van der Waals surface area contributed by atoms with Crippen molar-refractivity contribution in [2.24, 2.45) is 7.05 Å². The second kappa shape index (κ2) is 9.44. The van der Waals surface area contributed by atoms with Crippen LogP contribution >= 0.6 is 0 Å². The lowest BCUT2D eigenvalue weighted by Gasteiger charge is -2.29. The summed E-state index contributed by atoms with van der Waals surface area (Å²) in [5, 5.41) is 4.38. The fourth-order valence-electron chi connectivity index (χ4n) is 5.11. The van der Waals surface area contributed by atoms with E-state index in [1.807, 2.05) is 10.9 Å². The number of halogens is 4. The van der Waals surface area contributed by atoms with E-state index in [4.69, 9.17) is 9.47 Å². The summed E-state index contributed by atoms with van der Waals surface area (Å²) in [6.45, 7) is 0.416. The molecule has 2 atom stereocenters. The van der Waals surface area contributed by atoms with Crippen LogP contribution in [0.15, 0.2) is 41.5 Å². The summed E-state index contributed by atoms with van der Waals surface area (Å²) < 4.78 is 69.9. The summed E-state index contributed by atoms with van der Waals surface area (Å²) in [5.74, 6) is -2.10. The highest BCUT2D eigenvalue weighted by Gasteiger charge is 2.37. The number of rotatable bonds is 5. The maximum absolute atomic E-state index is 15.2. The van der Waals surface area contributed by atoms with E-state index in [0.717, 1.165) is 31.5 Å². The molecular weight excluding hydrogens is 518 g/mol. The average Bonchev–Trinajstić information content (AvgIpc) is 3.65. The Hall–Kier alpha value is -3.80. The van der Waals surface area contributed by atoms with Gasteiger partial charge in [-0.2, -0.15) is 18.3 Å². The first-order chi connectivity index (χ1) is 18.6. The summed E-state index contributed by atoms with van der Waals surface area (Å²) in [7, 11) is 2.40. The molecule has 1 saturated heterocycles. The highest BCUT2D eigenvalue weighted by molar-refractivity contribution is 5.91. The number of benzene rings is 1. The number of hydrogen-bond acceptors (Lipinski definition) is 6. The van der Waals surface area contributed by atoms with Gasteiger partial charge in [0.15, 0.2) is 0 Å². The van der Waals surface area contributed by atoms with Gasteiger partial charge in [0.25, 0.3) is 5.56 Å². The van der Waals surface area contributed by atoms with E-state index in [1.54, 1.807) is 6.20 Å². The molecule has 1 aliphatic carbocycles. The van der Waals surface area contributed by atoms with Crippen LogP contribution in [0.3, 0.4) is 0 Å². The maximum atomic E-state index is 15.2. The molecule has 12 heteroatoms. The minimum Gasteiger partial charge on any atom is -0.497 e. The van der Waals surface area contributed by atoms with Crippen LogP contribution in [0.1, 0.15) is 60.8 Å². The number of alkyl halides is 3. The number of hydrogen-bond donors (Lipinski definition) is 0. The fraction of sp³-hybridized carbons (Fsp3) is 0.407. The first-order valence-corrected chi connectivity index (χ1v) is 12.6. The fourth-order valence-corrected chi connectivity index (χ4v) is 5.11. The SMILES string of the molecule is COc1ccc(-c2nc([C@H]3CCO[C@H](c4cnn(C5CC5)c4)C3)cc3c(=O)n(C)c(C(F)(F)F)nc23)c(F)c1. The second-order valence-corrected chi connectivity index (χ2v) is 10.0. The predicted molar refractivity (Wildman–Crippen MR) is 133 cm³/mol. The van der Waals surface area contributed by atoms with Crippen molar-refractivity contribution in [3.63, 3.8) is 0 Å². The Kier molecular flexibility index (Phi) is 6.17. The number of fused-ring (bicyclic) bond motifs is 1. The van der Waals surface area contributed by atoms with E-state index in [9.17, 15) is 18.0 Å². The molecular formula is C27H25F4N5O3. The van der Waals surface area contributed by atoms with E-state index in [-0.39, 0.29) is 39.9 Å². The highest BCUT2D eigenvalue weighted by atomic mass is 19.4. The van der Waals surface area contributed by atoms with Gasteiger partial charge in [-0.15, -0.1) is 0 Å². The number of aromatic nitrogens is 5. The van der Waals surface area contributed by atoms with Crippen LogP contribution in [-0.2, 0) is 18.0 Å². The summed E-state index contributed by atoms with van der Waals surface area (Å²) in [6.07, 6.45) is 1.90. The minimum absolute atomic E-state index is 0.0645. The molecule has 0 spiro atoms. The van der Waals surface area contributed by atoms with E-state index < -0.39 is 23.4 Å². The molecule has 204 valence electrons. The summed E-state index contributed by atoms with van der Waals surface area (Å²) in [5.41, 5.74) is -0.00945. The summed E-state index contributed by atoms with van der Waals surface area (Å²) >= 11 is 0. The van der Waals surface area contributed by atoms with Gasteiger partial charge in [0, 0.05) is 48.7 Å². The first-order valence-electron chi connectivity index (χ1n) is 12.6. The zero-order valence-corrected chi connectivity index (χ0v) is 21.2. The molecule has 0 N–H and O–H groups in total. The number of ether oxygens (including phenoxy) is 2. The van der Waals surface area contributed by atoms with E-state index >= 15 is 4.39 Å². The molecule has 0 bridgehead atoms. The third-order valence-corrected chi connectivity index (χ3v) is 7.38. The Morgan fingerprint density at radius 1 is 1.13 bits per heavy atom. The molecule has 2 fully saturated rings. The Labute approximate surface area is 220 Å². The molecule has 8 nitrogen and oxygen atoms in total. The predicted octanol–water partition coefficient (Wildman–Crippen LogP) is 5.33. The van der Waals surface area contributed by atoms with Gasteiger partial charge in [0.2, 0.25) is 5.82 Å². The van der Waals surface area contributed by atoms with Crippen LogP contribution in [0.4, 0.5) is 17.6 Å². The Bertz CT molecular complexity index is 1630. The third kappa shape index (κ3) is 4.66. The normalized spacial score (nSPS) is 19.9. The highest BCUT2D eigenvalue weighted by Crippen LogP contribution is 2.41. The lowest BCUT2D eigenvalue weighted by Crippen LogP contribution is -2.28. The van der Waals surface area contributed by atoms with E-state index in [0.29, 0.717) is 35.8 Å². The van der Waals surface area contributed by atoms with Crippen molar-refractivity contribution in [2.45, 2.75) is 49.9 Å². The van der Waals surface area contributed by atoms with Crippen molar-refractivity contribution in [2.75, 3.05) is 13.7 Å². The molecule has 2 aliphatic rings. The van der Waals surface area contributed by atoms with Crippen molar-refractivity contribution in [1.82, 2.24) is 24.3 Å². The number of pyridine rings is 1. The summed E-state index contributed by atoms with van der Waals surface area (Å²) in [4.78, 5) is 21.6. The van der Waals surface area contributed by atoms with Crippen molar-refractivity contribution in [1.29, 1.82) is 0 Å². The van der Waals surface area contributed by atoms with Gasteiger partial charge >= 0.3 is 6.18 Å².